The molecule has 1 nitrogen and oxygen atoms in total. The van der Waals surface area contributed by atoms with Crippen molar-refractivity contribution in [3.63, 3.8) is 0 Å². The third kappa shape index (κ3) is 2.88. The van der Waals surface area contributed by atoms with Crippen LogP contribution in [0, 0.1) is 20.8 Å². The number of ether oxygens (including phenoxy) is 1. The van der Waals surface area contributed by atoms with Crippen molar-refractivity contribution in [1.29, 1.82) is 0 Å². The van der Waals surface area contributed by atoms with Crippen LogP contribution in [-0.2, 0) is 0 Å². The molecule has 0 saturated heterocycles. The smallest absolute Gasteiger partial charge is 0.119 e. The van der Waals surface area contributed by atoms with E-state index in [0.717, 1.165) is 5.75 Å². The summed E-state index contributed by atoms with van der Waals surface area (Å²) >= 11 is 1.80. The molecule has 0 aliphatic carbocycles. The Hall–Kier alpha value is -1.41. The molecule has 2 heteroatoms. The second-order valence-corrected chi connectivity index (χ2v) is 5.59. The van der Waals surface area contributed by atoms with Gasteiger partial charge in [-0.2, -0.15) is 0 Å². The van der Waals surface area contributed by atoms with Crippen molar-refractivity contribution < 1.29 is 4.74 Å². The summed E-state index contributed by atoms with van der Waals surface area (Å²) in [5, 5.41) is 0. The van der Waals surface area contributed by atoms with Crippen molar-refractivity contribution in [1.82, 2.24) is 0 Å². The van der Waals surface area contributed by atoms with E-state index >= 15 is 0 Å². The maximum absolute atomic E-state index is 5.26. The van der Waals surface area contributed by atoms with Crippen LogP contribution >= 0.6 is 11.8 Å². The van der Waals surface area contributed by atoms with Gasteiger partial charge in [-0.25, -0.2) is 0 Å². The minimum Gasteiger partial charge on any atom is -0.497 e. The first-order valence-electron chi connectivity index (χ1n) is 6.00. The highest BCUT2D eigenvalue weighted by molar-refractivity contribution is 7.99. The Morgan fingerprint density at radius 1 is 0.944 bits per heavy atom. The summed E-state index contributed by atoms with van der Waals surface area (Å²) < 4.78 is 5.26. The summed E-state index contributed by atoms with van der Waals surface area (Å²) in [6.07, 6.45) is 0. The lowest BCUT2D eigenvalue weighted by atomic mass is 10.1. The van der Waals surface area contributed by atoms with Crippen LogP contribution in [0.2, 0.25) is 0 Å². The molecule has 0 aromatic heterocycles. The maximum Gasteiger partial charge on any atom is 0.119 e. The van der Waals surface area contributed by atoms with E-state index in [1.807, 2.05) is 12.1 Å². The van der Waals surface area contributed by atoms with Gasteiger partial charge < -0.3 is 4.74 Å². The van der Waals surface area contributed by atoms with Crippen LogP contribution in [0.4, 0.5) is 0 Å². The number of benzene rings is 2. The van der Waals surface area contributed by atoms with E-state index < -0.39 is 0 Å². The van der Waals surface area contributed by atoms with Gasteiger partial charge in [0, 0.05) is 9.79 Å². The van der Waals surface area contributed by atoms with Crippen molar-refractivity contribution in [2.24, 2.45) is 0 Å². The molecule has 0 atom stereocenters. The molecule has 0 aliphatic heterocycles. The SMILES string of the molecule is COc1cccc(Sc2c(C)cc(C)cc2C)c1. The van der Waals surface area contributed by atoms with Crippen molar-refractivity contribution in [3.8, 4) is 5.75 Å². The Labute approximate surface area is 113 Å². The zero-order valence-electron chi connectivity index (χ0n) is 11.3. The fraction of sp³-hybridized carbons (Fsp3) is 0.250. The molecule has 0 saturated carbocycles. The zero-order valence-corrected chi connectivity index (χ0v) is 12.1. The topological polar surface area (TPSA) is 9.23 Å². The van der Waals surface area contributed by atoms with Crippen molar-refractivity contribution in [3.05, 3.63) is 53.1 Å². The minimum atomic E-state index is 0.905. The molecule has 18 heavy (non-hydrogen) atoms. The lowest BCUT2D eigenvalue weighted by Crippen LogP contribution is -1.88. The van der Waals surface area contributed by atoms with E-state index in [1.54, 1.807) is 18.9 Å². The number of rotatable bonds is 3. The average molecular weight is 258 g/mol. The summed E-state index contributed by atoms with van der Waals surface area (Å²) in [5.41, 5.74) is 3.99. The van der Waals surface area contributed by atoms with Gasteiger partial charge in [0.15, 0.2) is 0 Å². The molecule has 94 valence electrons. The van der Waals surface area contributed by atoms with Gasteiger partial charge in [-0.15, -0.1) is 0 Å². The summed E-state index contributed by atoms with van der Waals surface area (Å²) in [7, 11) is 1.70. The largest absolute Gasteiger partial charge is 0.497 e. The molecule has 0 amide bonds. The molecule has 0 aliphatic rings. The maximum atomic E-state index is 5.26. The van der Waals surface area contributed by atoms with E-state index in [0.29, 0.717) is 0 Å². The van der Waals surface area contributed by atoms with Gasteiger partial charge in [-0.1, -0.05) is 35.5 Å². The van der Waals surface area contributed by atoms with E-state index in [4.69, 9.17) is 4.74 Å². The molecule has 0 N–H and O–H groups in total. The van der Waals surface area contributed by atoms with Gasteiger partial charge >= 0.3 is 0 Å². The first kappa shape index (κ1) is 13.0. The number of hydrogen-bond donors (Lipinski definition) is 0. The molecule has 0 unspecified atom stereocenters. The third-order valence-corrected chi connectivity index (χ3v) is 4.20. The highest BCUT2D eigenvalue weighted by atomic mass is 32.2. The van der Waals surface area contributed by atoms with Crippen LogP contribution in [0.1, 0.15) is 16.7 Å². The van der Waals surface area contributed by atoms with Crippen LogP contribution in [0.15, 0.2) is 46.2 Å². The van der Waals surface area contributed by atoms with Crippen LogP contribution in [0.25, 0.3) is 0 Å². The molecule has 2 rings (SSSR count). The number of aryl methyl sites for hydroxylation is 3. The van der Waals surface area contributed by atoms with Crippen molar-refractivity contribution in [2.45, 2.75) is 30.6 Å². The fourth-order valence-corrected chi connectivity index (χ4v) is 3.11. The second-order valence-electron chi connectivity index (χ2n) is 4.51. The standard InChI is InChI=1S/C16H18OS/c1-11-8-12(2)16(13(3)9-11)18-15-7-5-6-14(10-15)17-4/h5-10H,1-4H3. The van der Waals surface area contributed by atoms with Crippen molar-refractivity contribution in [2.75, 3.05) is 7.11 Å². The molecule has 0 radical (unpaired) electrons. The Morgan fingerprint density at radius 3 is 2.22 bits per heavy atom. The van der Waals surface area contributed by atoms with Crippen LogP contribution < -0.4 is 4.74 Å². The number of hydrogen-bond acceptors (Lipinski definition) is 2. The van der Waals surface area contributed by atoms with E-state index in [2.05, 4.69) is 45.0 Å². The summed E-state index contributed by atoms with van der Waals surface area (Å²) in [6.45, 7) is 6.48. The third-order valence-electron chi connectivity index (χ3n) is 2.87. The first-order valence-corrected chi connectivity index (χ1v) is 6.81. The number of methoxy groups -OCH3 is 1. The Morgan fingerprint density at radius 2 is 1.61 bits per heavy atom. The van der Waals surface area contributed by atoms with Gasteiger partial charge in [0.1, 0.15) is 5.75 Å². The average Bonchev–Trinajstić information content (AvgIpc) is 2.34. The fourth-order valence-electron chi connectivity index (χ4n) is 2.11. The molecular formula is C16H18OS. The minimum absolute atomic E-state index is 0.905. The predicted octanol–water partition coefficient (Wildman–Crippen LogP) is 4.77. The van der Waals surface area contributed by atoms with Gasteiger partial charge in [-0.3, -0.25) is 0 Å². The predicted molar refractivity (Wildman–Crippen MR) is 77.8 cm³/mol. The van der Waals surface area contributed by atoms with Crippen molar-refractivity contribution >= 4 is 11.8 Å². The van der Waals surface area contributed by atoms with Crippen LogP contribution in [0.3, 0.4) is 0 Å². The summed E-state index contributed by atoms with van der Waals surface area (Å²) in [5.74, 6) is 0.905. The summed E-state index contributed by atoms with van der Waals surface area (Å²) in [6, 6.07) is 12.7. The molecule has 2 aromatic carbocycles. The Bertz CT molecular complexity index is 538. The first-order chi connectivity index (χ1) is 8.60. The molecule has 0 bridgehead atoms. The lowest BCUT2D eigenvalue weighted by Gasteiger charge is -2.11. The molecule has 0 heterocycles. The monoisotopic (exact) mass is 258 g/mol. The van der Waals surface area contributed by atoms with E-state index in [9.17, 15) is 0 Å². The van der Waals surface area contributed by atoms with Gasteiger partial charge in [0.25, 0.3) is 0 Å². The normalized spacial score (nSPS) is 10.4. The molecule has 2 aromatic rings. The Balaban J connectivity index is 2.33. The van der Waals surface area contributed by atoms with E-state index in [1.165, 1.54) is 26.5 Å². The highest BCUT2D eigenvalue weighted by Gasteiger charge is 2.06. The highest BCUT2D eigenvalue weighted by Crippen LogP contribution is 2.34. The van der Waals surface area contributed by atoms with Gasteiger partial charge in [-0.05, 0) is 50.1 Å². The lowest BCUT2D eigenvalue weighted by molar-refractivity contribution is 0.413. The van der Waals surface area contributed by atoms with Crippen LogP contribution in [0.5, 0.6) is 5.75 Å². The Kier molecular flexibility index (Phi) is 3.97. The molecule has 0 spiro atoms. The van der Waals surface area contributed by atoms with Crippen LogP contribution in [-0.4, -0.2) is 7.11 Å². The summed E-state index contributed by atoms with van der Waals surface area (Å²) in [4.78, 5) is 2.55. The quantitative estimate of drug-likeness (QED) is 0.784. The molecule has 0 fully saturated rings. The zero-order chi connectivity index (χ0) is 13.1. The van der Waals surface area contributed by atoms with Gasteiger partial charge in [0.05, 0.1) is 7.11 Å². The van der Waals surface area contributed by atoms with E-state index in [-0.39, 0.29) is 0 Å². The van der Waals surface area contributed by atoms with Gasteiger partial charge in [0.2, 0.25) is 0 Å². The second kappa shape index (κ2) is 5.49. The molecular weight excluding hydrogens is 240 g/mol.